The predicted molar refractivity (Wildman–Crippen MR) is 30.2 cm³/mol. The summed E-state index contributed by atoms with van der Waals surface area (Å²) < 4.78 is 8.34. The number of hydrogen-bond donors (Lipinski definition) is 0. The van der Waals surface area contributed by atoms with Crippen molar-refractivity contribution in [2.45, 2.75) is 33.6 Å². The molecule has 8 heavy (non-hydrogen) atoms. The Hall–Kier alpha value is 0.683. The van der Waals surface area contributed by atoms with Crippen LogP contribution in [0, 0.1) is 5.92 Å². The molecule has 0 radical (unpaired) electrons. The van der Waals surface area contributed by atoms with Crippen LogP contribution in [0.25, 0.3) is 0 Å². The Morgan fingerprint density at radius 1 is 1.38 bits per heavy atom. The maximum absolute atomic E-state index is 8.34. The Labute approximate surface area is 67.2 Å². The van der Waals surface area contributed by atoms with E-state index in [0.29, 0.717) is 24.7 Å². The van der Waals surface area contributed by atoms with Gasteiger partial charge in [0.1, 0.15) is 0 Å². The first kappa shape index (κ1) is 11.5. The minimum absolute atomic E-state index is 0.300. The molecule has 0 saturated heterocycles. The van der Waals surface area contributed by atoms with Gasteiger partial charge in [-0.2, -0.15) is 20.3 Å². The van der Waals surface area contributed by atoms with Crippen molar-refractivity contribution in [2.75, 3.05) is 0 Å². The van der Waals surface area contributed by atoms with E-state index in [4.69, 9.17) is 2.81 Å². The second-order valence-electron chi connectivity index (χ2n) is 1.96. The van der Waals surface area contributed by atoms with Crippen LogP contribution < -0.4 is 0 Å². The van der Waals surface area contributed by atoms with Crippen molar-refractivity contribution < 1.29 is 27.5 Å². The van der Waals surface area contributed by atoms with Gasteiger partial charge in [-0.1, -0.05) is 13.3 Å². The summed E-state index contributed by atoms with van der Waals surface area (Å²) >= 11 is 0.300. The van der Waals surface area contributed by atoms with Crippen molar-refractivity contribution in [2.24, 2.45) is 0 Å². The van der Waals surface area contributed by atoms with Crippen LogP contribution in [0.15, 0.2) is 0 Å². The average molecular weight is 192 g/mol. The Morgan fingerprint density at radius 2 is 1.75 bits per heavy atom. The number of rotatable bonds is 2. The summed E-state index contributed by atoms with van der Waals surface area (Å²) in [6.07, 6.45) is 2.59. The molecule has 0 rings (SSSR count). The van der Waals surface area contributed by atoms with Crippen LogP contribution in [0.5, 0.6) is 0 Å². The van der Waals surface area contributed by atoms with Crippen molar-refractivity contribution in [3.05, 3.63) is 5.92 Å². The van der Waals surface area contributed by atoms with Crippen LogP contribution in [0.2, 0.25) is 0 Å². The zero-order valence-corrected chi connectivity index (χ0v) is 8.28. The molecule has 0 saturated carbocycles. The monoisotopic (exact) mass is 191 g/mol. The van der Waals surface area contributed by atoms with Gasteiger partial charge in [0.05, 0.1) is 0 Å². The second kappa shape index (κ2) is 10.6. The third kappa shape index (κ3) is 15.9. The summed E-state index contributed by atoms with van der Waals surface area (Å²) in [7, 11) is 0. The van der Waals surface area contributed by atoms with Gasteiger partial charge in [0.2, 0.25) is 0 Å². The first-order valence-electron chi connectivity index (χ1n) is 2.76. The molecule has 0 aliphatic carbocycles. The molecule has 0 bridgehead atoms. The first-order valence-corrected chi connectivity index (χ1v) is 3.77. The van der Waals surface area contributed by atoms with Crippen molar-refractivity contribution >= 4 is 0 Å². The fourth-order valence-electron chi connectivity index (χ4n) is 0.500. The first-order chi connectivity index (χ1) is 3.77. The summed E-state index contributed by atoms with van der Waals surface area (Å²) in [6.45, 7) is 6.54. The molecule has 0 amide bonds. The number of hydrogen-bond acceptors (Lipinski definition) is 1. The SMILES string of the molecule is CCC[C-](C)C.[O]=[Zr]. The zero-order valence-electron chi connectivity index (χ0n) is 5.82. The van der Waals surface area contributed by atoms with Gasteiger partial charge in [-0.15, -0.1) is 0 Å². The Morgan fingerprint density at radius 3 is 1.75 bits per heavy atom. The van der Waals surface area contributed by atoms with Gasteiger partial charge >= 0.3 is 27.5 Å². The van der Waals surface area contributed by atoms with Crippen LogP contribution in [0.1, 0.15) is 33.6 Å². The summed E-state index contributed by atoms with van der Waals surface area (Å²) in [5, 5.41) is 0. The topological polar surface area (TPSA) is 17.1 Å². The molecule has 0 heterocycles. The molecule has 1 nitrogen and oxygen atoms in total. The van der Waals surface area contributed by atoms with Crippen LogP contribution in [0.3, 0.4) is 0 Å². The summed E-state index contributed by atoms with van der Waals surface area (Å²) in [5.74, 6) is 1.54. The molecule has 0 aliphatic heterocycles. The van der Waals surface area contributed by atoms with Crippen molar-refractivity contribution in [1.29, 1.82) is 0 Å². The molecule has 0 aromatic heterocycles. The summed E-state index contributed by atoms with van der Waals surface area (Å²) in [4.78, 5) is 0. The minimum atomic E-state index is 0.300. The van der Waals surface area contributed by atoms with E-state index in [9.17, 15) is 0 Å². The predicted octanol–water partition coefficient (Wildman–Crippen LogP) is 2.28. The van der Waals surface area contributed by atoms with Crippen LogP contribution in [-0.2, 0) is 27.5 Å². The van der Waals surface area contributed by atoms with Crippen LogP contribution >= 0.6 is 0 Å². The molecule has 0 aromatic rings. The second-order valence-corrected chi connectivity index (χ2v) is 1.96. The molecule has 48 valence electrons. The van der Waals surface area contributed by atoms with E-state index in [1.54, 1.807) is 0 Å². The molecular formula is C6H13OZr-. The fourth-order valence-corrected chi connectivity index (χ4v) is 0.500. The molecule has 0 N–H and O–H groups in total. The van der Waals surface area contributed by atoms with Gasteiger partial charge in [0.15, 0.2) is 0 Å². The van der Waals surface area contributed by atoms with E-state index in [0.717, 1.165) is 0 Å². The van der Waals surface area contributed by atoms with Gasteiger partial charge in [-0.25, -0.2) is 0 Å². The molecule has 0 atom stereocenters. The molecule has 0 unspecified atom stereocenters. The van der Waals surface area contributed by atoms with E-state index < -0.39 is 0 Å². The van der Waals surface area contributed by atoms with Crippen molar-refractivity contribution in [3.63, 3.8) is 0 Å². The Kier molecular flexibility index (Phi) is 15.2. The van der Waals surface area contributed by atoms with E-state index in [1.807, 2.05) is 0 Å². The third-order valence-electron chi connectivity index (χ3n) is 0.750. The molecule has 0 aliphatic rings. The van der Waals surface area contributed by atoms with Crippen LogP contribution in [0.4, 0.5) is 0 Å². The summed E-state index contributed by atoms with van der Waals surface area (Å²) in [5.41, 5.74) is 0. The molecule has 0 fully saturated rings. The van der Waals surface area contributed by atoms with Gasteiger partial charge in [-0.05, 0) is 0 Å². The van der Waals surface area contributed by atoms with Crippen LogP contribution in [-0.4, -0.2) is 0 Å². The van der Waals surface area contributed by atoms with E-state index in [1.165, 1.54) is 18.8 Å². The Balaban J connectivity index is 0. The van der Waals surface area contributed by atoms with Gasteiger partial charge < -0.3 is 5.92 Å². The molecule has 0 aromatic carbocycles. The maximum atomic E-state index is 8.34. The van der Waals surface area contributed by atoms with Gasteiger partial charge in [0.25, 0.3) is 0 Å². The average Bonchev–Trinajstić information content (AvgIpc) is 1.72. The standard InChI is InChI=1S/C6H13.O.Zr/c1-4-5-6(2)3;;/h4-5H2,1-3H3;;/q-1;;. The molecule has 0 spiro atoms. The Bertz CT molecular complexity index is 37.5. The third-order valence-corrected chi connectivity index (χ3v) is 0.750. The van der Waals surface area contributed by atoms with Gasteiger partial charge in [-0.3, -0.25) is 0 Å². The summed E-state index contributed by atoms with van der Waals surface area (Å²) in [6, 6.07) is 0. The van der Waals surface area contributed by atoms with Crippen molar-refractivity contribution in [3.8, 4) is 0 Å². The fraction of sp³-hybridized carbons (Fsp3) is 0.833. The quantitative estimate of drug-likeness (QED) is 0.614. The van der Waals surface area contributed by atoms with E-state index in [2.05, 4.69) is 20.8 Å². The molecule has 2 heteroatoms. The zero-order chi connectivity index (χ0) is 6.99. The van der Waals surface area contributed by atoms with Gasteiger partial charge in [0, 0.05) is 0 Å². The molecular weight excluding hydrogens is 179 g/mol. The van der Waals surface area contributed by atoms with Crippen molar-refractivity contribution in [1.82, 2.24) is 0 Å². The van der Waals surface area contributed by atoms with E-state index in [-0.39, 0.29) is 0 Å². The van der Waals surface area contributed by atoms with E-state index >= 15 is 0 Å². The normalized spacial score (nSPS) is 7.88.